The van der Waals surface area contributed by atoms with Gasteiger partial charge in [0, 0.05) is 5.69 Å². The molecule has 0 aromatic heterocycles. The minimum atomic E-state index is -0.441. The fourth-order valence-corrected chi connectivity index (χ4v) is 1.35. The Kier molecular flexibility index (Phi) is 3.36. The van der Waals surface area contributed by atoms with Crippen LogP contribution in [0, 0.1) is 6.92 Å². The third-order valence-electron chi connectivity index (χ3n) is 1.85. The number of esters is 1. The van der Waals surface area contributed by atoms with Crippen molar-refractivity contribution in [1.82, 2.24) is 0 Å². The molecule has 0 bridgehead atoms. The number of nitrogen functional groups attached to an aromatic ring is 1. The summed E-state index contributed by atoms with van der Waals surface area (Å²) in [4.78, 5) is 11.4. The van der Waals surface area contributed by atoms with Gasteiger partial charge in [-0.1, -0.05) is 11.6 Å². The Morgan fingerprint density at radius 3 is 2.79 bits per heavy atom. The minimum absolute atomic E-state index is 0.316. The molecule has 0 unspecified atom stereocenters. The lowest BCUT2D eigenvalue weighted by atomic mass is 10.1. The topological polar surface area (TPSA) is 52.3 Å². The molecule has 0 aliphatic carbocycles. The molecular weight excluding hydrogens is 202 g/mol. The molecule has 0 saturated heterocycles. The second-order valence-corrected chi connectivity index (χ2v) is 3.32. The van der Waals surface area contributed by atoms with Gasteiger partial charge in [-0.15, -0.1) is 0 Å². The SMILES string of the molecule is CCOC(=O)c1cc(N)c(C)cc1Cl. The number of halogens is 1. The molecule has 0 amide bonds. The first-order valence-electron chi connectivity index (χ1n) is 4.29. The monoisotopic (exact) mass is 213 g/mol. The van der Waals surface area contributed by atoms with Crippen LogP contribution >= 0.6 is 11.6 Å². The van der Waals surface area contributed by atoms with Crippen LogP contribution in [0.1, 0.15) is 22.8 Å². The lowest BCUT2D eigenvalue weighted by Crippen LogP contribution is -2.06. The standard InChI is InChI=1S/C10H12ClNO2/c1-3-14-10(13)7-5-9(12)6(2)4-8(7)11/h4-5H,3,12H2,1-2H3. The van der Waals surface area contributed by atoms with Crippen LogP contribution in [0.5, 0.6) is 0 Å². The Morgan fingerprint density at radius 2 is 2.21 bits per heavy atom. The molecule has 1 aromatic rings. The third kappa shape index (κ3) is 2.17. The first-order valence-corrected chi connectivity index (χ1v) is 4.66. The first-order chi connectivity index (χ1) is 6.56. The zero-order valence-electron chi connectivity index (χ0n) is 8.13. The van der Waals surface area contributed by atoms with Crippen molar-refractivity contribution in [3.63, 3.8) is 0 Å². The van der Waals surface area contributed by atoms with E-state index in [0.29, 0.717) is 22.9 Å². The molecule has 1 rings (SSSR count). The first kappa shape index (κ1) is 10.9. The summed E-state index contributed by atoms with van der Waals surface area (Å²) in [6, 6.07) is 3.19. The zero-order chi connectivity index (χ0) is 10.7. The van der Waals surface area contributed by atoms with Crippen LogP contribution in [0.15, 0.2) is 12.1 Å². The number of anilines is 1. The highest BCUT2D eigenvalue weighted by Gasteiger charge is 2.12. The normalized spacial score (nSPS) is 9.93. The van der Waals surface area contributed by atoms with Crippen molar-refractivity contribution in [2.45, 2.75) is 13.8 Å². The predicted molar refractivity (Wildman–Crippen MR) is 56.6 cm³/mol. The summed E-state index contributed by atoms with van der Waals surface area (Å²) in [7, 11) is 0. The molecular formula is C10H12ClNO2. The molecule has 4 heteroatoms. The van der Waals surface area contributed by atoms with E-state index < -0.39 is 5.97 Å². The molecule has 2 N–H and O–H groups in total. The van der Waals surface area contributed by atoms with Crippen LogP contribution in [-0.2, 0) is 4.74 Å². The van der Waals surface area contributed by atoms with Crippen molar-refractivity contribution in [3.05, 3.63) is 28.3 Å². The van der Waals surface area contributed by atoms with Crippen LogP contribution in [0.25, 0.3) is 0 Å². The van der Waals surface area contributed by atoms with Gasteiger partial charge in [0.15, 0.2) is 0 Å². The molecule has 0 fully saturated rings. The van der Waals surface area contributed by atoms with Crippen LogP contribution < -0.4 is 5.73 Å². The van der Waals surface area contributed by atoms with Crippen LogP contribution in [0.3, 0.4) is 0 Å². The number of ether oxygens (including phenoxy) is 1. The maximum absolute atomic E-state index is 11.4. The van der Waals surface area contributed by atoms with Crippen LogP contribution in [-0.4, -0.2) is 12.6 Å². The average molecular weight is 214 g/mol. The number of aryl methyl sites for hydroxylation is 1. The van der Waals surface area contributed by atoms with E-state index >= 15 is 0 Å². The number of hydrogen-bond donors (Lipinski definition) is 1. The van der Waals surface area contributed by atoms with Crippen molar-refractivity contribution in [3.8, 4) is 0 Å². The van der Waals surface area contributed by atoms with Crippen molar-refractivity contribution < 1.29 is 9.53 Å². The number of nitrogens with two attached hydrogens (primary N) is 1. The smallest absolute Gasteiger partial charge is 0.339 e. The minimum Gasteiger partial charge on any atom is -0.462 e. The second-order valence-electron chi connectivity index (χ2n) is 2.91. The van der Waals surface area contributed by atoms with Gasteiger partial charge in [-0.05, 0) is 31.5 Å². The molecule has 1 aromatic carbocycles. The van der Waals surface area contributed by atoms with Gasteiger partial charge in [-0.25, -0.2) is 4.79 Å². The van der Waals surface area contributed by atoms with Gasteiger partial charge >= 0.3 is 5.97 Å². The fourth-order valence-electron chi connectivity index (χ4n) is 1.05. The lowest BCUT2D eigenvalue weighted by Gasteiger charge is -2.07. The quantitative estimate of drug-likeness (QED) is 0.606. The molecule has 0 atom stereocenters. The van der Waals surface area contributed by atoms with E-state index in [4.69, 9.17) is 22.1 Å². The van der Waals surface area contributed by atoms with E-state index in [0.717, 1.165) is 5.56 Å². The summed E-state index contributed by atoms with van der Waals surface area (Å²) < 4.78 is 4.82. The molecule has 14 heavy (non-hydrogen) atoms. The summed E-state index contributed by atoms with van der Waals surface area (Å²) in [5.41, 5.74) is 7.36. The fraction of sp³-hybridized carbons (Fsp3) is 0.300. The Labute approximate surface area is 87.8 Å². The predicted octanol–water partition coefficient (Wildman–Crippen LogP) is 2.41. The number of carbonyl (C=O) groups is 1. The number of carbonyl (C=O) groups excluding carboxylic acids is 1. The van der Waals surface area contributed by atoms with Crippen molar-refractivity contribution >= 4 is 23.3 Å². The summed E-state index contributed by atoms with van der Waals surface area (Å²) in [5.74, 6) is -0.441. The van der Waals surface area contributed by atoms with E-state index in [9.17, 15) is 4.79 Å². The molecule has 0 radical (unpaired) electrons. The molecule has 0 aliphatic heterocycles. The molecule has 0 saturated carbocycles. The van der Waals surface area contributed by atoms with E-state index in [1.807, 2.05) is 6.92 Å². The highest BCUT2D eigenvalue weighted by Crippen LogP contribution is 2.23. The molecule has 0 heterocycles. The Morgan fingerprint density at radius 1 is 1.57 bits per heavy atom. The summed E-state index contributed by atoms with van der Waals surface area (Å²) in [6.45, 7) is 3.89. The highest BCUT2D eigenvalue weighted by atomic mass is 35.5. The van der Waals surface area contributed by atoms with Gasteiger partial charge in [0.1, 0.15) is 0 Å². The van der Waals surface area contributed by atoms with Gasteiger partial charge in [0.2, 0.25) is 0 Å². The number of rotatable bonds is 2. The summed E-state index contributed by atoms with van der Waals surface area (Å²) in [5, 5.41) is 0.371. The summed E-state index contributed by atoms with van der Waals surface area (Å²) >= 11 is 5.88. The lowest BCUT2D eigenvalue weighted by molar-refractivity contribution is 0.0526. The second kappa shape index (κ2) is 4.33. The molecule has 0 spiro atoms. The maximum atomic E-state index is 11.4. The zero-order valence-corrected chi connectivity index (χ0v) is 8.89. The van der Waals surface area contributed by atoms with Gasteiger partial charge in [-0.2, -0.15) is 0 Å². The van der Waals surface area contributed by atoms with E-state index in [-0.39, 0.29) is 0 Å². The molecule has 0 aliphatic rings. The van der Waals surface area contributed by atoms with Crippen molar-refractivity contribution in [2.24, 2.45) is 0 Å². The van der Waals surface area contributed by atoms with E-state index in [1.165, 1.54) is 6.07 Å². The number of hydrogen-bond acceptors (Lipinski definition) is 3. The molecule has 3 nitrogen and oxygen atoms in total. The van der Waals surface area contributed by atoms with Crippen LogP contribution in [0.4, 0.5) is 5.69 Å². The van der Waals surface area contributed by atoms with E-state index in [2.05, 4.69) is 0 Å². The number of benzene rings is 1. The maximum Gasteiger partial charge on any atom is 0.339 e. The Balaban J connectivity index is 3.09. The Hall–Kier alpha value is -1.22. The van der Waals surface area contributed by atoms with Gasteiger partial charge in [0.05, 0.1) is 17.2 Å². The van der Waals surface area contributed by atoms with Gasteiger partial charge < -0.3 is 10.5 Å². The summed E-state index contributed by atoms with van der Waals surface area (Å²) in [6.07, 6.45) is 0. The van der Waals surface area contributed by atoms with Crippen molar-refractivity contribution in [1.29, 1.82) is 0 Å². The Bertz CT molecular complexity index is 363. The van der Waals surface area contributed by atoms with Gasteiger partial charge in [0.25, 0.3) is 0 Å². The highest BCUT2D eigenvalue weighted by molar-refractivity contribution is 6.33. The van der Waals surface area contributed by atoms with E-state index in [1.54, 1.807) is 13.0 Å². The average Bonchev–Trinajstić information content (AvgIpc) is 2.11. The van der Waals surface area contributed by atoms with Gasteiger partial charge in [-0.3, -0.25) is 0 Å². The van der Waals surface area contributed by atoms with Crippen molar-refractivity contribution in [2.75, 3.05) is 12.3 Å². The van der Waals surface area contributed by atoms with Crippen LogP contribution in [0.2, 0.25) is 5.02 Å². The largest absolute Gasteiger partial charge is 0.462 e. The third-order valence-corrected chi connectivity index (χ3v) is 2.16. The molecule has 76 valence electrons.